The topological polar surface area (TPSA) is 45.2 Å². The van der Waals surface area contributed by atoms with Crippen LogP contribution < -0.4 is 9.47 Å². The van der Waals surface area contributed by atoms with Gasteiger partial charge in [0.2, 0.25) is 0 Å². The van der Waals surface area contributed by atoms with Crippen LogP contribution in [0.5, 0.6) is 11.5 Å². The van der Waals surface area contributed by atoms with Gasteiger partial charge in [0.05, 0.1) is 0 Å². The average molecular weight is 425 g/mol. The molecule has 0 aromatic heterocycles. The lowest BCUT2D eigenvalue weighted by molar-refractivity contribution is 0.102. The fraction of sp³-hybridized carbons (Fsp3) is 0.538. The van der Waals surface area contributed by atoms with E-state index in [4.69, 9.17) is 9.47 Å². The van der Waals surface area contributed by atoms with Crippen molar-refractivity contribution in [3.8, 4) is 11.5 Å². The molecule has 2 aromatic rings. The van der Waals surface area contributed by atoms with Crippen molar-refractivity contribution in [2.45, 2.75) is 38.2 Å². The van der Waals surface area contributed by atoms with Crippen molar-refractivity contribution < 1.29 is 14.6 Å². The van der Waals surface area contributed by atoms with E-state index in [9.17, 15) is 5.11 Å². The number of rotatable bonds is 10. The maximum Gasteiger partial charge on any atom is 0.119 e. The highest BCUT2D eigenvalue weighted by Gasteiger charge is 2.25. The van der Waals surface area contributed by atoms with Crippen LogP contribution in [0.2, 0.25) is 0 Å². The molecule has 168 valence electrons. The summed E-state index contributed by atoms with van der Waals surface area (Å²) in [5.41, 5.74) is 0.631. The van der Waals surface area contributed by atoms with Crippen LogP contribution in [0.25, 0.3) is 0 Å². The number of nitrogens with zero attached hydrogens (tertiary/aromatic N) is 2. The predicted octanol–water partition coefficient (Wildman–Crippen LogP) is 3.89. The Labute approximate surface area is 186 Å². The van der Waals surface area contributed by atoms with Crippen molar-refractivity contribution in [3.05, 3.63) is 59.7 Å². The molecule has 0 aliphatic carbocycles. The van der Waals surface area contributed by atoms with Crippen LogP contribution in [0.4, 0.5) is 0 Å². The molecule has 5 heteroatoms. The summed E-state index contributed by atoms with van der Waals surface area (Å²) in [6, 6.07) is 15.6. The number of hydrogen-bond acceptors (Lipinski definition) is 5. The molecular formula is C26H36N2O3. The van der Waals surface area contributed by atoms with Gasteiger partial charge < -0.3 is 14.6 Å². The molecule has 31 heavy (non-hydrogen) atoms. The van der Waals surface area contributed by atoms with Gasteiger partial charge in [0.15, 0.2) is 0 Å². The summed E-state index contributed by atoms with van der Waals surface area (Å²) >= 11 is 0. The van der Waals surface area contributed by atoms with Crippen molar-refractivity contribution in [3.63, 3.8) is 0 Å². The summed E-state index contributed by atoms with van der Waals surface area (Å²) < 4.78 is 11.8. The summed E-state index contributed by atoms with van der Waals surface area (Å²) in [4.78, 5) is 4.89. The molecule has 0 amide bonds. The Morgan fingerprint density at radius 3 is 1.39 bits per heavy atom. The standard InChI is InChI=1S/C26H36N2O3/c1-26(29,22-6-10-24(11-7-22)30-20-18-27-14-2-3-15-27)23-8-12-25(13-9-23)31-21-19-28-16-4-5-17-28/h6-13,29H,2-5,14-21H2,1H3. The first-order valence-corrected chi connectivity index (χ1v) is 11.7. The number of likely N-dealkylation sites (tertiary alicyclic amines) is 2. The normalized spacial score (nSPS) is 17.9. The molecule has 0 atom stereocenters. The third-order valence-electron chi connectivity index (χ3n) is 6.58. The Morgan fingerprint density at radius 2 is 1.03 bits per heavy atom. The number of benzene rings is 2. The molecule has 2 heterocycles. The van der Waals surface area contributed by atoms with Crippen LogP contribution in [-0.4, -0.2) is 67.4 Å². The van der Waals surface area contributed by atoms with Gasteiger partial charge in [-0.05, 0) is 94.2 Å². The highest BCUT2D eigenvalue weighted by molar-refractivity contribution is 5.40. The zero-order valence-electron chi connectivity index (χ0n) is 18.8. The Bertz CT molecular complexity index is 725. The lowest BCUT2D eigenvalue weighted by atomic mass is 9.88. The predicted molar refractivity (Wildman–Crippen MR) is 124 cm³/mol. The van der Waals surface area contributed by atoms with Crippen LogP contribution >= 0.6 is 0 Å². The molecule has 5 nitrogen and oxygen atoms in total. The van der Waals surface area contributed by atoms with Gasteiger partial charge in [-0.2, -0.15) is 0 Å². The minimum Gasteiger partial charge on any atom is -0.492 e. The maximum absolute atomic E-state index is 11.2. The fourth-order valence-electron chi connectivity index (χ4n) is 4.52. The molecular weight excluding hydrogens is 388 g/mol. The van der Waals surface area contributed by atoms with Gasteiger partial charge in [0.1, 0.15) is 30.3 Å². The molecule has 1 N–H and O–H groups in total. The second-order valence-corrected chi connectivity index (χ2v) is 8.92. The lowest BCUT2D eigenvalue weighted by Gasteiger charge is -2.25. The third-order valence-corrected chi connectivity index (χ3v) is 6.58. The van der Waals surface area contributed by atoms with Crippen LogP contribution in [0, 0.1) is 0 Å². The molecule has 0 spiro atoms. The van der Waals surface area contributed by atoms with Gasteiger partial charge in [-0.1, -0.05) is 24.3 Å². The number of aliphatic hydroxyl groups is 1. The number of ether oxygens (including phenoxy) is 2. The van der Waals surface area contributed by atoms with Gasteiger partial charge in [-0.15, -0.1) is 0 Å². The monoisotopic (exact) mass is 424 g/mol. The van der Waals surface area contributed by atoms with Gasteiger partial charge >= 0.3 is 0 Å². The highest BCUT2D eigenvalue weighted by atomic mass is 16.5. The Morgan fingerprint density at radius 1 is 0.677 bits per heavy atom. The van der Waals surface area contributed by atoms with Crippen molar-refractivity contribution in [1.82, 2.24) is 9.80 Å². The average Bonchev–Trinajstić information content (AvgIpc) is 3.49. The summed E-state index contributed by atoms with van der Waals surface area (Å²) in [5.74, 6) is 1.70. The molecule has 0 bridgehead atoms. The summed E-state index contributed by atoms with van der Waals surface area (Å²) in [7, 11) is 0. The first-order chi connectivity index (χ1) is 15.1. The van der Waals surface area contributed by atoms with Crippen LogP contribution in [0.15, 0.2) is 48.5 Å². The zero-order valence-corrected chi connectivity index (χ0v) is 18.8. The van der Waals surface area contributed by atoms with Crippen molar-refractivity contribution >= 4 is 0 Å². The Kier molecular flexibility index (Phi) is 7.49. The molecule has 0 unspecified atom stereocenters. The lowest BCUT2D eigenvalue weighted by Crippen LogP contribution is -2.25. The largest absolute Gasteiger partial charge is 0.492 e. The molecule has 0 saturated carbocycles. The second-order valence-electron chi connectivity index (χ2n) is 8.92. The maximum atomic E-state index is 11.2. The smallest absolute Gasteiger partial charge is 0.119 e. The fourth-order valence-corrected chi connectivity index (χ4v) is 4.52. The van der Waals surface area contributed by atoms with E-state index in [1.54, 1.807) is 0 Å². The van der Waals surface area contributed by atoms with E-state index in [-0.39, 0.29) is 0 Å². The van der Waals surface area contributed by atoms with Gasteiger partial charge in [-0.3, -0.25) is 9.80 Å². The van der Waals surface area contributed by atoms with Crippen molar-refractivity contribution in [1.29, 1.82) is 0 Å². The molecule has 4 rings (SSSR count). The van der Waals surface area contributed by atoms with E-state index in [2.05, 4.69) is 9.80 Å². The second kappa shape index (κ2) is 10.5. The third kappa shape index (κ3) is 6.00. The van der Waals surface area contributed by atoms with Crippen molar-refractivity contribution in [2.24, 2.45) is 0 Å². The van der Waals surface area contributed by atoms with Gasteiger partial charge in [-0.25, -0.2) is 0 Å². The van der Waals surface area contributed by atoms with Crippen LogP contribution in [0.1, 0.15) is 43.7 Å². The molecule has 2 aliphatic heterocycles. The molecule has 2 aromatic carbocycles. The summed E-state index contributed by atoms with van der Waals surface area (Å²) in [6.45, 7) is 9.95. The minimum absolute atomic E-state index is 0.703. The quantitative estimate of drug-likeness (QED) is 0.627. The van der Waals surface area contributed by atoms with E-state index in [1.807, 2.05) is 55.5 Å². The molecule has 0 radical (unpaired) electrons. The van der Waals surface area contributed by atoms with E-state index in [0.29, 0.717) is 13.2 Å². The van der Waals surface area contributed by atoms with Crippen LogP contribution in [0.3, 0.4) is 0 Å². The van der Waals surface area contributed by atoms with Crippen LogP contribution in [-0.2, 0) is 5.60 Å². The van der Waals surface area contributed by atoms with Gasteiger partial charge in [0.25, 0.3) is 0 Å². The molecule has 2 aliphatic rings. The van der Waals surface area contributed by atoms with E-state index in [0.717, 1.165) is 35.7 Å². The SMILES string of the molecule is CC(O)(c1ccc(OCCN2CCCC2)cc1)c1ccc(OCCN2CCCC2)cc1. The highest BCUT2D eigenvalue weighted by Crippen LogP contribution is 2.31. The Balaban J connectivity index is 1.28. The van der Waals surface area contributed by atoms with E-state index < -0.39 is 5.60 Å². The van der Waals surface area contributed by atoms with Gasteiger partial charge in [0, 0.05) is 13.1 Å². The van der Waals surface area contributed by atoms with E-state index in [1.165, 1.54) is 51.9 Å². The zero-order chi connectivity index (χ0) is 21.5. The van der Waals surface area contributed by atoms with Crippen molar-refractivity contribution in [2.75, 3.05) is 52.5 Å². The summed E-state index contributed by atoms with van der Waals surface area (Å²) in [5, 5.41) is 11.2. The first-order valence-electron chi connectivity index (χ1n) is 11.7. The first kappa shape index (κ1) is 22.1. The number of hydrogen-bond donors (Lipinski definition) is 1. The molecule has 2 saturated heterocycles. The Hall–Kier alpha value is -2.08. The molecule has 2 fully saturated rings. The minimum atomic E-state index is -1.07. The van der Waals surface area contributed by atoms with E-state index >= 15 is 0 Å². The summed E-state index contributed by atoms with van der Waals surface area (Å²) in [6.07, 6.45) is 5.20.